The van der Waals surface area contributed by atoms with E-state index in [0.717, 1.165) is 10.9 Å². The number of carbonyl (C=O) groups excluding carboxylic acids is 2. The Labute approximate surface area is 166 Å². The Bertz CT molecular complexity index is 1100. The highest BCUT2D eigenvalue weighted by Gasteiger charge is 2.26. The summed E-state index contributed by atoms with van der Waals surface area (Å²) < 4.78 is 14.8. The number of carbonyl (C=O) groups is 2. The number of pyridine rings is 1. The van der Waals surface area contributed by atoms with Gasteiger partial charge >= 0.3 is 0 Å². The summed E-state index contributed by atoms with van der Waals surface area (Å²) in [6.45, 7) is 0.909. The van der Waals surface area contributed by atoms with Crippen LogP contribution in [-0.4, -0.2) is 53.3 Å². The molecule has 2 amide bonds. The van der Waals surface area contributed by atoms with Crippen LogP contribution in [0.2, 0.25) is 5.02 Å². The van der Waals surface area contributed by atoms with E-state index in [9.17, 15) is 14.0 Å². The molecule has 28 heavy (non-hydrogen) atoms. The molecule has 2 heterocycles. The van der Waals surface area contributed by atoms with E-state index in [1.54, 1.807) is 54.5 Å². The molecule has 0 aliphatic carbocycles. The van der Waals surface area contributed by atoms with Crippen LogP contribution in [0, 0.1) is 5.82 Å². The van der Waals surface area contributed by atoms with Crippen molar-refractivity contribution >= 4 is 34.3 Å². The molecule has 0 unspecified atom stereocenters. The predicted molar refractivity (Wildman–Crippen MR) is 106 cm³/mol. The monoisotopic (exact) mass is 397 g/mol. The fraction of sp³-hybridized carbons (Fsp3) is 0.190. The summed E-state index contributed by atoms with van der Waals surface area (Å²) in [5.74, 6) is -0.985. The van der Waals surface area contributed by atoms with E-state index in [4.69, 9.17) is 11.6 Å². The average Bonchev–Trinajstić information content (AvgIpc) is 2.69. The Hall–Kier alpha value is -2.99. The van der Waals surface area contributed by atoms with Crippen LogP contribution in [0.5, 0.6) is 0 Å². The van der Waals surface area contributed by atoms with Crippen LogP contribution in [0.1, 0.15) is 10.4 Å². The summed E-state index contributed by atoms with van der Waals surface area (Å²) in [5, 5.41) is 1.27. The van der Waals surface area contributed by atoms with Crippen LogP contribution in [0.3, 0.4) is 0 Å². The van der Waals surface area contributed by atoms with Crippen molar-refractivity contribution < 1.29 is 14.0 Å². The summed E-state index contributed by atoms with van der Waals surface area (Å²) in [6.07, 6.45) is 1.62. The first-order chi connectivity index (χ1) is 13.4. The number of hydrogen-bond donors (Lipinski definition) is 0. The third-order valence-electron chi connectivity index (χ3n) is 4.96. The Morgan fingerprint density at radius 3 is 2.71 bits per heavy atom. The Balaban J connectivity index is 1.64. The van der Waals surface area contributed by atoms with Gasteiger partial charge in [-0.1, -0.05) is 23.7 Å². The highest BCUT2D eigenvalue weighted by atomic mass is 35.5. The zero-order valence-corrected chi connectivity index (χ0v) is 15.9. The molecule has 4 rings (SSSR count). The second-order valence-electron chi connectivity index (χ2n) is 6.76. The van der Waals surface area contributed by atoms with Crippen LogP contribution in [0.4, 0.5) is 4.39 Å². The van der Waals surface area contributed by atoms with Crippen molar-refractivity contribution in [2.24, 2.45) is 0 Å². The quantitative estimate of drug-likeness (QED) is 0.663. The molecule has 1 aromatic heterocycles. The molecule has 0 atom stereocenters. The fourth-order valence-corrected chi connectivity index (χ4v) is 3.48. The molecular weight excluding hydrogens is 381 g/mol. The van der Waals surface area contributed by atoms with Gasteiger partial charge in [0.2, 0.25) is 5.91 Å². The van der Waals surface area contributed by atoms with Crippen LogP contribution < -0.4 is 0 Å². The third-order valence-corrected chi connectivity index (χ3v) is 5.29. The number of rotatable bonds is 2. The lowest BCUT2D eigenvalue weighted by atomic mass is 10.0. The molecule has 1 aliphatic heterocycles. The van der Waals surface area contributed by atoms with Gasteiger partial charge in [-0.25, -0.2) is 4.39 Å². The standard InChI is InChI=1S/C21H17ClFN3O2/c1-25-8-9-26(12-20(25)27)21(28)14-2-4-15(18(23)11-14)13-3-5-19-16(10-13)17(22)6-7-24-19/h2-7,10-11H,8-9,12H2,1H3. The summed E-state index contributed by atoms with van der Waals surface area (Å²) in [4.78, 5) is 31.7. The number of halogens is 2. The van der Waals surface area contributed by atoms with E-state index in [0.29, 0.717) is 29.2 Å². The first-order valence-electron chi connectivity index (χ1n) is 8.81. The molecule has 0 saturated carbocycles. The molecule has 0 N–H and O–H groups in total. The second-order valence-corrected chi connectivity index (χ2v) is 7.17. The van der Waals surface area contributed by atoms with Crippen molar-refractivity contribution in [2.45, 2.75) is 0 Å². The summed E-state index contributed by atoms with van der Waals surface area (Å²) in [6, 6.07) is 11.4. The normalized spacial score (nSPS) is 14.6. The molecular formula is C21H17ClFN3O2. The van der Waals surface area contributed by atoms with Crippen LogP contribution >= 0.6 is 11.6 Å². The van der Waals surface area contributed by atoms with E-state index in [1.807, 2.05) is 0 Å². The highest BCUT2D eigenvalue weighted by Crippen LogP contribution is 2.30. The number of fused-ring (bicyclic) bond motifs is 1. The number of likely N-dealkylation sites (N-methyl/N-ethyl adjacent to an activating group) is 1. The first kappa shape index (κ1) is 18.4. The van der Waals surface area contributed by atoms with Crippen molar-refractivity contribution in [3.8, 4) is 11.1 Å². The van der Waals surface area contributed by atoms with E-state index in [2.05, 4.69) is 4.98 Å². The van der Waals surface area contributed by atoms with Gasteiger partial charge in [-0.3, -0.25) is 14.6 Å². The van der Waals surface area contributed by atoms with Crippen molar-refractivity contribution in [2.75, 3.05) is 26.7 Å². The minimum atomic E-state index is -0.509. The van der Waals surface area contributed by atoms with Crippen LogP contribution in [0.25, 0.3) is 22.0 Å². The van der Waals surface area contributed by atoms with Gasteiger partial charge in [-0.15, -0.1) is 0 Å². The minimum absolute atomic E-state index is 0.00881. The molecule has 1 fully saturated rings. The Morgan fingerprint density at radius 2 is 1.96 bits per heavy atom. The molecule has 7 heteroatoms. The van der Waals surface area contributed by atoms with E-state index in [-0.39, 0.29) is 23.9 Å². The minimum Gasteiger partial charge on any atom is -0.342 e. The molecule has 1 aliphatic rings. The largest absolute Gasteiger partial charge is 0.342 e. The van der Waals surface area contributed by atoms with Crippen molar-refractivity contribution in [3.63, 3.8) is 0 Å². The molecule has 0 bridgehead atoms. The smallest absolute Gasteiger partial charge is 0.254 e. The number of hydrogen-bond acceptors (Lipinski definition) is 3. The van der Waals surface area contributed by atoms with Gasteiger partial charge in [0.25, 0.3) is 5.91 Å². The molecule has 142 valence electrons. The maximum Gasteiger partial charge on any atom is 0.254 e. The van der Waals surface area contributed by atoms with E-state index in [1.165, 1.54) is 11.0 Å². The van der Waals surface area contributed by atoms with E-state index < -0.39 is 5.82 Å². The lowest BCUT2D eigenvalue weighted by Crippen LogP contribution is -2.50. The third kappa shape index (κ3) is 3.31. The zero-order valence-electron chi connectivity index (χ0n) is 15.2. The maximum atomic E-state index is 14.8. The lowest BCUT2D eigenvalue weighted by Gasteiger charge is -2.32. The van der Waals surface area contributed by atoms with Crippen molar-refractivity contribution in [3.05, 3.63) is 65.1 Å². The van der Waals surface area contributed by atoms with Crippen molar-refractivity contribution in [1.29, 1.82) is 0 Å². The zero-order chi connectivity index (χ0) is 19.8. The fourth-order valence-electron chi connectivity index (χ4n) is 3.28. The average molecular weight is 398 g/mol. The summed E-state index contributed by atoms with van der Waals surface area (Å²) in [7, 11) is 1.70. The summed E-state index contributed by atoms with van der Waals surface area (Å²) in [5.41, 5.74) is 1.96. The molecule has 5 nitrogen and oxygen atoms in total. The number of aromatic nitrogens is 1. The predicted octanol–water partition coefficient (Wildman–Crippen LogP) is 3.61. The van der Waals surface area contributed by atoms with Gasteiger partial charge in [-0.2, -0.15) is 0 Å². The van der Waals surface area contributed by atoms with Crippen LogP contribution in [0.15, 0.2) is 48.7 Å². The number of nitrogens with zero attached hydrogens (tertiary/aromatic N) is 3. The molecule has 0 radical (unpaired) electrons. The van der Waals surface area contributed by atoms with Gasteiger partial charge in [0, 0.05) is 42.8 Å². The van der Waals surface area contributed by atoms with Gasteiger partial charge in [-0.05, 0) is 35.9 Å². The topological polar surface area (TPSA) is 53.5 Å². The SMILES string of the molecule is CN1CCN(C(=O)c2ccc(-c3ccc4nccc(Cl)c4c3)c(F)c2)CC1=O. The van der Waals surface area contributed by atoms with E-state index >= 15 is 0 Å². The van der Waals surface area contributed by atoms with Gasteiger partial charge in [0.05, 0.1) is 10.5 Å². The molecule has 2 aromatic carbocycles. The summed E-state index contributed by atoms with van der Waals surface area (Å²) >= 11 is 6.22. The van der Waals surface area contributed by atoms with Gasteiger partial charge in [0.15, 0.2) is 0 Å². The second kappa shape index (κ2) is 7.20. The highest BCUT2D eigenvalue weighted by molar-refractivity contribution is 6.35. The first-order valence-corrected chi connectivity index (χ1v) is 9.19. The van der Waals surface area contributed by atoms with Crippen LogP contribution in [-0.2, 0) is 4.79 Å². The van der Waals surface area contributed by atoms with Crippen molar-refractivity contribution in [1.82, 2.24) is 14.8 Å². The number of amides is 2. The molecule has 3 aromatic rings. The molecule has 1 saturated heterocycles. The molecule has 0 spiro atoms. The van der Waals surface area contributed by atoms with Gasteiger partial charge < -0.3 is 9.80 Å². The van der Waals surface area contributed by atoms with Gasteiger partial charge in [0.1, 0.15) is 12.4 Å². The number of benzene rings is 2. The number of piperazine rings is 1. The Morgan fingerprint density at radius 1 is 1.14 bits per heavy atom. The lowest BCUT2D eigenvalue weighted by molar-refractivity contribution is -0.133. The maximum absolute atomic E-state index is 14.8. The Kier molecular flexibility index (Phi) is 4.73.